The first-order valence-corrected chi connectivity index (χ1v) is 1.44. The van der Waals surface area contributed by atoms with E-state index >= 15 is 0 Å². The van der Waals surface area contributed by atoms with Crippen LogP contribution in [0.1, 0.15) is 0 Å². The van der Waals surface area contributed by atoms with Crippen LogP contribution in [0.15, 0.2) is 0 Å². The van der Waals surface area contributed by atoms with Gasteiger partial charge < -0.3 is 5.73 Å². The maximum atomic E-state index is 11.2. The predicted molar refractivity (Wildman–Crippen MR) is 19.3 cm³/mol. The van der Waals surface area contributed by atoms with Gasteiger partial charge in [0.25, 0.3) is 0 Å². The van der Waals surface area contributed by atoms with E-state index in [0.717, 1.165) is 0 Å². The first-order valence-electron chi connectivity index (χ1n) is 1.44. The summed E-state index contributed by atoms with van der Waals surface area (Å²) in [7, 11) is 0. The average Bonchev–Trinajstić information content (AvgIpc) is 1.38. The first kappa shape index (κ1) is 4.89. The molecule has 2 N–H and O–H groups in total. The fraction of sp³-hybridized carbons (Fsp3) is 0.667. The zero-order valence-electron chi connectivity index (χ0n) is 2.95. The van der Waals surface area contributed by atoms with Crippen molar-refractivity contribution in [3.8, 4) is 0 Å². The van der Waals surface area contributed by atoms with Crippen molar-refractivity contribution in [1.82, 2.24) is 0 Å². The molecule has 0 bridgehead atoms. The summed E-state index contributed by atoms with van der Waals surface area (Å²) in [4.78, 5) is 0. The van der Waals surface area contributed by atoms with Crippen LogP contribution in [-0.4, -0.2) is 12.7 Å². The third kappa shape index (κ3) is 3.89. The molecule has 0 amide bonds. The number of hydrogen-bond acceptors (Lipinski definition) is 1. The topological polar surface area (TPSA) is 26.0 Å². The van der Waals surface area contributed by atoms with Crippen LogP contribution in [0.4, 0.5) is 4.39 Å². The summed E-state index contributed by atoms with van der Waals surface area (Å²) in [5.74, 6) is 0. The summed E-state index contributed by atoms with van der Waals surface area (Å²) in [5.41, 5.74) is 4.73. The van der Waals surface area contributed by atoms with E-state index in [9.17, 15) is 4.39 Å². The predicted octanol–water partition coefficient (Wildman–Crippen LogP) is 0.117. The molecule has 0 rings (SSSR count). The van der Waals surface area contributed by atoms with Crippen molar-refractivity contribution in [1.29, 1.82) is 0 Å². The molecule has 31 valence electrons. The average molecular weight is 76.1 g/mol. The second-order valence-corrected chi connectivity index (χ2v) is 0.833. The molecule has 0 spiro atoms. The number of alkyl halides is 1. The van der Waals surface area contributed by atoms with Crippen molar-refractivity contribution in [2.75, 3.05) is 6.54 Å². The van der Waals surface area contributed by atoms with Crippen molar-refractivity contribution in [2.45, 2.75) is 6.17 Å². The number of rotatable bonds is 1. The van der Waals surface area contributed by atoms with Gasteiger partial charge >= 0.3 is 0 Å². The lowest BCUT2D eigenvalue weighted by Gasteiger charge is -1.86. The Bertz CT molecular complexity index is 20.9. The van der Waals surface area contributed by atoms with Gasteiger partial charge in [0.15, 0.2) is 0 Å². The molecule has 0 aromatic rings. The molecule has 0 aromatic carbocycles. The molecule has 1 atom stereocenters. The standard InChI is InChI=1S/C3H7FN/c1-3(4)2-5/h3H,1-2,5H2/t3-/m0/s1. The summed E-state index contributed by atoms with van der Waals surface area (Å²) < 4.78 is 11.2. The molecule has 0 aliphatic rings. The van der Waals surface area contributed by atoms with Crippen molar-refractivity contribution in [2.24, 2.45) is 5.73 Å². The Morgan fingerprint density at radius 1 is 2.00 bits per heavy atom. The summed E-state index contributed by atoms with van der Waals surface area (Å²) >= 11 is 0. The smallest absolute Gasteiger partial charge is 0.112 e. The van der Waals surface area contributed by atoms with Crippen molar-refractivity contribution < 1.29 is 4.39 Å². The zero-order chi connectivity index (χ0) is 4.28. The Morgan fingerprint density at radius 2 is 2.20 bits per heavy atom. The van der Waals surface area contributed by atoms with Crippen LogP contribution >= 0.6 is 0 Å². The summed E-state index contributed by atoms with van der Waals surface area (Å²) in [5, 5.41) is 0. The molecule has 0 aromatic heterocycles. The number of nitrogens with two attached hydrogens (primary N) is 1. The van der Waals surface area contributed by atoms with Crippen molar-refractivity contribution in [3.63, 3.8) is 0 Å². The maximum absolute atomic E-state index is 11.2. The molecule has 1 radical (unpaired) electrons. The lowest BCUT2D eigenvalue weighted by molar-refractivity contribution is 0.405. The largest absolute Gasteiger partial charge is 0.328 e. The highest BCUT2D eigenvalue weighted by molar-refractivity contribution is 4.54. The van der Waals surface area contributed by atoms with E-state index in [-0.39, 0.29) is 6.54 Å². The van der Waals surface area contributed by atoms with Gasteiger partial charge in [-0.15, -0.1) is 0 Å². The van der Waals surface area contributed by atoms with Gasteiger partial charge in [0, 0.05) is 6.54 Å². The van der Waals surface area contributed by atoms with Gasteiger partial charge in [0.1, 0.15) is 6.17 Å². The van der Waals surface area contributed by atoms with Crippen LogP contribution in [0, 0.1) is 6.92 Å². The highest BCUT2D eigenvalue weighted by atomic mass is 19.1. The molecule has 0 fully saturated rings. The molecule has 5 heavy (non-hydrogen) atoms. The van der Waals surface area contributed by atoms with E-state index in [0.29, 0.717) is 0 Å². The van der Waals surface area contributed by atoms with E-state index in [1.165, 1.54) is 0 Å². The van der Waals surface area contributed by atoms with Crippen molar-refractivity contribution in [3.05, 3.63) is 6.92 Å². The second kappa shape index (κ2) is 2.15. The highest BCUT2D eigenvalue weighted by Gasteiger charge is 1.85. The van der Waals surface area contributed by atoms with Crippen LogP contribution in [0.25, 0.3) is 0 Å². The van der Waals surface area contributed by atoms with E-state index in [1.54, 1.807) is 0 Å². The first-order chi connectivity index (χ1) is 2.27. The van der Waals surface area contributed by atoms with Gasteiger partial charge in [-0.25, -0.2) is 4.39 Å². The maximum Gasteiger partial charge on any atom is 0.112 e. The van der Waals surface area contributed by atoms with Crippen LogP contribution < -0.4 is 5.73 Å². The molecule has 0 saturated carbocycles. The van der Waals surface area contributed by atoms with Gasteiger partial charge in [-0.1, -0.05) is 0 Å². The molecule has 0 saturated heterocycles. The van der Waals surface area contributed by atoms with Gasteiger partial charge in [0.05, 0.1) is 0 Å². The quantitative estimate of drug-likeness (QED) is 0.471. The molecule has 0 unspecified atom stereocenters. The fourth-order valence-electron chi connectivity index (χ4n) is 0. The number of hydrogen-bond donors (Lipinski definition) is 1. The Balaban J connectivity index is 2.54. The lowest BCUT2D eigenvalue weighted by atomic mass is 10.5. The molecule has 0 aliphatic heterocycles. The van der Waals surface area contributed by atoms with Crippen LogP contribution in [0.3, 0.4) is 0 Å². The molecular formula is C3H7FN. The van der Waals surface area contributed by atoms with Gasteiger partial charge in [-0.05, 0) is 6.92 Å². The van der Waals surface area contributed by atoms with Gasteiger partial charge in [0.2, 0.25) is 0 Å². The van der Waals surface area contributed by atoms with Crippen LogP contribution in [0.2, 0.25) is 0 Å². The zero-order valence-corrected chi connectivity index (χ0v) is 2.95. The third-order valence-electron chi connectivity index (χ3n) is 0.256. The van der Waals surface area contributed by atoms with Gasteiger partial charge in [-0.3, -0.25) is 0 Å². The molecule has 0 aliphatic carbocycles. The highest BCUT2D eigenvalue weighted by Crippen LogP contribution is 1.76. The van der Waals surface area contributed by atoms with E-state index in [1.807, 2.05) is 0 Å². The Hall–Kier alpha value is -0.110. The van der Waals surface area contributed by atoms with Crippen LogP contribution in [0.5, 0.6) is 0 Å². The minimum atomic E-state index is -1.09. The lowest BCUT2D eigenvalue weighted by Crippen LogP contribution is -2.10. The van der Waals surface area contributed by atoms with E-state index in [2.05, 4.69) is 6.92 Å². The van der Waals surface area contributed by atoms with Gasteiger partial charge in [-0.2, -0.15) is 0 Å². The Morgan fingerprint density at radius 3 is 2.20 bits per heavy atom. The van der Waals surface area contributed by atoms with Crippen molar-refractivity contribution >= 4 is 0 Å². The Labute approximate surface area is 31.0 Å². The van der Waals surface area contributed by atoms with Crippen LogP contribution in [-0.2, 0) is 0 Å². The number of halogens is 1. The van der Waals surface area contributed by atoms with E-state index < -0.39 is 6.17 Å². The minimum Gasteiger partial charge on any atom is -0.328 e. The molecular weight excluding hydrogens is 69.0 g/mol. The monoisotopic (exact) mass is 76.1 g/mol. The third-order valence-corrected chi connectivity index (χ3v) is 0.256. The fourth-order valence-corrected chi connectivity index (χ4v) is 0. The molecule has 2 heteroatoms. The van der Waals surface area contributed by atoms with E-state index in [4.69, 9.17) is 5.73 Å². The molecule has 0 heterocycles. The SMILES string of the molecule is [CH2][C@H](F)CN. The normalized spacial score (nSPS) is 15.0. The summed E-state index contributed by atoms with van der Waals surface area (Å²) in [6, 6.07) is 0. The molecule has 1 nitrogen and oxygen atoms in total. The minimum absolute atomic E-state index is 0.0278. The summed E-state index contributed by atoms with van der Waals surface area (Å²) in [6.07, 6.45) is -1.09. The second-order valence-electron chi connectivity index (χ2n) is 0.833. The Kier molecular flexibility index (Phi) is 2.10. The summed E-state index contributed by atoms with van der Waals surface area (Å²) in [6.45, 7) is 2.99.